The molecule has 0 radical (unpaired) electrons. The first kappa shape index (κ1) is 9.96. The van der Waals surface area contributed by atoms with E-state index < -0.39 is 5.60 Å². The molecule has 0 bridgehead atoms. The Kier molecular flexibility index (Phi) is 3.09. The first-order valence-electron chi connectivity index (χ1n) is 4.51. The predicted molar refractivity (Wildman–Crippen MR) is 45.8 cm³/mol. The highest BCUT2D eigenvalue weighted by molar-refractivity contribution is 4.87. The molecule has 1 rings (SSSR count). The lowest BCUT2D eigenvalue weighted by atomic mass is 9.85. The van der Waals surface area contributed by atoms with Crippen molar-refractivity contribution in [2.45, 2.75) is 38.4 Å². The van der Waals surface area contributed by atoms with Gasteiger partial charge in [0.05, 0.1) is 19.3 Å². The third-order valence-corrected chi connectivity index (χ3v) is 2.48. The molecule has 3 heteroatoms. The van der Waals surface area contributed by atoms with Crippen molar-refractivity contribution in [1.29, 1.82) is 0 Å². The maximum atomic E-state index is 9.09. The van der Waals surface area contributed by atoms with Crippen LogP contribution in [0.3, 0.4) is 0 Å². The molecular weight excluding hydrogens is 156 g/mol. The van der Waals surface area contributed by atoms with Gasteiger partial charge in [0.1, 0.15) is 5.60 Å². The van der Waals surface area contributed by atoms with Crippen molar-refractivity contribution in [2.75, 3.05) is 13.2 Å². The van der Waals surface area contributed by atoms with Gasteiger partial charge in [0.25, 0.3) is 0 Å². The predicted octanol–water partition coefficient (Wildman–Crippen LogP) is 0.545. The van der Waals surface area contributed by atoms with Crippen LogP contribution in [0.4, 0.5) is 0 Å². The zero-order valence-electron chi connectivity index (χ0n) is 7.79. The van der Waals surface area contributed by atoms with Crippen molar-refractivity contribution in [3.8, 4) is 0 Å². The fourth-order valence-electron chi connectivity index (χ4n) is 2.06. The molecule has 1 aliphatic heterocycles. The quantitative estimate of drug-likeness (QED) is 0.642. The normalized spacial score (nSPS) is 35.0. The Balaban J connectivity index is 2.62. The largest absolute Gasteiger partial charge is 0.393 e. The zero-order valence-corrected chi connectivity index (χ0v) is 7.79. The van der Waals surface area contributed by atoms with Crippen LogP contribution < -0.4 is 0 Å². The molecule has 12 heavy (non-hydrogen) atoms. The third-order valence-electron chi connectivity index (χ3n) is 2.48. The van der Waals surface area contributed by atoms with Crippen LogP contribution in [0.5, 0.6) is 0 Å². The molecule has 1 fully saturated rings. The third kappa shape index (κ3) is 1.97. The lowest BCUT2D eigenvalue weighted by Gasteiger charge is -2.40. The second-order valence-electron chi connectivity index (χ2n) is 3.97. The van der Waals surface area contributed by atoms with Gasteiger partial charge < -0.3 is 14.9 Å². The summed E-state index contributed by atoms with van der Waals surface area (Å²) in [4.78, 5) is 0. The van der Waals surface area contributed by atoms with Crippen LogP contribution in [0.25, 0.3) is 0 Å². The average molecular weight is 174 g/mol. The highest BCUT2D eigenvalue weighted by Gasteiger charge is 2.37. The van der Waals surface area contributed by atoms with E-state index in [9.17, 15) is 0 Å². The Bertz CT molecular complexity index is 131. The molecule has 0 aromatic rings. The SMILES string of the molecule is CC1CC(C)OC(CO)(CO)C1. The molecule has 3 nitrogen and oxygen atoms in total. The second-order valence-corrected chi connectivity index (χ2v) is 3.97. The Hall–Kier alpha value is -0.120. The number of rotatable bonds is 2. The molecule has 1 saturated heterocycles. The summed E-state index contributed by atoms with van der Waals surface area (Å²) in [7, 11) is 0. The van der Waals surface area contributed by atoms with Gasteiger partial charge in [-0.15, -0.1) is 0 Å². The van der Waals surface area contributed by atoms with E-state index >= 15 is 0 Å². The van der Waals surface area contributed by atoms with E-state index in [2.05, 4.69) is 6.92 Å². The van der Waals surface area contributed by atoms with Crippen molar-refractivity contribution in [1.82, 2.24) is 0 Å². The van der Waals surface area contributed by atoms with Crippen LogP contribution in [0.1, 0.15) is 26.7 Å². The summed E-state index contributed by atoms with van der Waals surface area (Å²) in [5.41, 5.74) is -0.683. The van der Waals surface area contributed by atoms with Gasteiger partial charge in [-0.25, -0.2) is 0 Å². The van der Waals surface area contributed by atoms with E-state index in [1.54, 1.807) is 0 Å². The van der Waals surface area contributed by atoms with Gasteiger partial charge in [0.2, 0.25) is 0 Å². The lowest BCUT2D eigenvalue weighted by molar-refractivity contribution is -0.176. The fourth-order valence-corrected chi connectivity index (χ4v) is 2.06. The van der Waals surface area contributed by atoms with Gasteiger partial charge in [-0.1, -0.05) is 6.92 Å². The Labute approximate surface area is 73.4 Å². The van der Waals surface area contributed by atoms with E-state index in [-0.39, 0.29) is 19.3 Å². The molecule has 0 aromatic heterocycles. The summed E-state index contributed by atoms with van der Waals surface area (Å²) in [6.07, 6.45) is 1.92. The van der Waals surface area contributed by atoms with E-state index in [4.69, 9.17) is 14.9 Å². The van der Waals surface area contributed by atoms with E-state index in [0.29, 0.717) is 5.92 Å². The monoisotopic (exact) mass is 174 g/mol. The van der Waals surface area contributed by atoms with Crippen molar-refractivity contribution in [3.63, 3.8) is 0 Å². The fraction of sp³-hybridized carbons (Fsp3) is 1.00. The van der Waals surface area contributed by atoms with Crippen LogP contribution in [0.15, 0.2) is 0 Å². The van der Waals surface area contributed by atoms with Crippen LogP contribution in [0.2, 0.25) is 0 Å². The maximum Gasteiger partial charge on any atom is 0.115 e. The molecule has 1 aliphatic rings. The number of hydrogen-bond acceptors (Lipinski definition) is 3. The van der Waals surface area contributed by atoms with Crippen molar-refractivity contribution < 1.29 is 14.9 Å². The summed E-state index contributed by atoms with van der Waals surface area (Å²) in [6.45, 7) is 3.94. The summed E-state index contributed by atoms with van der Waals surface area (Å²) in [5, 5.41) is 18.2. The molecule has 2 unspecified atom stereocenters. The molecular formula is C9H18O3. The van der Waals surface area contributed by atoms with Gasteiger partial charge >= 0.3 is 0 Å². The second kappa shape index (κ2) is 3.73. The number of aliphatic hydroxyl groups is 2. The highest BCUT2D eigenvalue weighted by Crippen LogP contribution is 2.31. The maximum absolute atomic E-state index is 9.09. The molecule has 0 aliphatic carbocycles. The van der Waals surface area contributed by atoms with Gasteiger partial charge in [-0.2, -0.15) is 0 Å². The zero-order chi connectivity index (χ0) is 9.19. The molecule has 0 amide bonds. The summed E-state index contributed by atoms with van der Waals surface area (Å²) in [6, 6.07) is 0. The minimum atomic E-state index is -0.683. The van der Waals surface area contributed by atoms with Crippen LogP contribution in [-0.4, -0.2) is 35.1 Å². The Morgan fingerprint density at radius 3 is 2.33 bits per heavy atom. The number of hydrogen-bond donors (Lipinski definition) is 2. The van der Waals surface area contributed by atoms with E-state index in [1.807, 2.05) is 6.92 Å². The molecule has 0 spiro atoms. The first-order chi connectivity index (χ1) is 5.62. The molecule has 0 aromatic carbocycles. The summed E-state index contributed by atoms with van der Waals surface area (Å²) in [5.74, 6) is 0.521. The van der Waals surface area contributed by atoms with Crippen molar-refractivity contribution >= 4 is 0 Å². The van der Waals surface area contributed by atoms with E-state index in [0.717, 1.165) is 12.8 Å². The van der Waals surface area contributed by atoms with Gasteiger partial charge in [0.15, 0.2) is 0 Å². The molecule has 2 atom stereocenters. The van der Waals surface area contributed by atoms with Crippen LogP contribution in [0, 0.1) is 5.92 Å². The molecule has 0 saturated carbocycles. The van der Waals surface area contributed by atoms with Crippen molar-refractivity contribution in [3.05, 3.63) is 0 Å². The molecule has 72 valence electrons. The van der Waals surface area contributed by atoms with Crippen LogP contribution >= 0.6 is 0 Å². The Morgan fingerprint density at radius 2 is 1.92 bits per heavy atom. The standard InChI is InChI=1S/C9H18O3/c1-7-3-8(2)12-9(4-7,5-10)6-11/h7-8,10-11H,3-6H2,1-2H3. The summed E-state index contributed by atoms with van der Waals surface area (Å²) < 4.78 is 5.54. The van der Waals surface area contributed by atoms with Crippen molar-refractivity contribution in [2.24, 2.45) is 5.92 Å². The first-order valence-corrected chi connectivity index (χ1v) is 4.51. The van der Waals surface area contributed by atoms with Gasteiger partial charge in [-0.05, 0) is 25.7 Å². The number of ether oxygens (including phenoxy) is 1. The average Bonchev–Trinajstić information content (AvgIpc) is 2.02. The lowest BCUT2D eigenvalue weighted by Crippen LogP contribution is -2.48. The number of aliphatic hydroxyl groups excluding tert-OH is 2. The Morgan fingerprint density at radius 1 is 1.33 bits per heavy atom. The van der Waals surface area contributed by atoms with E-state index in [1.165, 1.54) is 0 Å². The molecule has 1 heterocycles. The van der Waals surface area contributed by atoms with Gasteiger partial charge in [0, 0.05) is 0 Å². The highest BCUT2D eigenvalue weighted by atomic mass is 16.5. The van der Waals surface area contributed by atoms with Crippen LogP contribution in [-0.2, 0) is 4.74 Å². The molecule has 2 N–H and O–H groups in total. The minimum Gasteiger partial charge on any atom is -0.393 e. The minimum absolute atomic E-state index is 0.0851. The summed E-state index contributed by atoms with van der Waals surface area (Å²) >= 11 is 0. The van der Waals surface area contributed by atoms with Gasteiger partial charge in [-0.3, -0.25) is 0 Å². The topological polar surface area (TPSA) is 49.7 Å². The smallest absolute Gasteiger partial charge is 0.115 e.